The van der Waals surface area contributed by atoms with Gasteiger partial charge in [0.1, 0.15) is 10.7 Å². The van der Waals surface area contributed by atoms with Gasteiger partial charge in [-0.05, 0) is 41.3 Å². The van der Waals surface area contributed by atoms with Gasteiger partial charge in [0.05, 0.1) is 0 Å². The van der Waals surface area contributed by atoms with Crippen LogP contribution in [0, 0.1) is 0 Å². The van der Waals surface area contributed by atoms with Crippen LogP contribution in [0.5, 0.6) is 0 Å². The summed E-state index contributed by atoms with van der Waals surface area (Å²) < 4.78 is 29.5. The van der Waals surface area contributed by atoms with Gasteiger partial charge in [-0.1, -0.05) is 43.0 Å². The van der Waals surface area contributed by atoms with Gasteiger partial charge in [-0.2, -0.15) is 8.42 Å². The molecule has 3 aromatic carbocycles. The van der Waals surface area contributed by atoms with Gasteiger partial charge in [-0.15, -0.1) is 0 Å². The van der Waals surface area contributed by atoms with Crippen LogP contribution in [-0.4, -0.2) is 59.8 Å². The molecule has 0 radical (unpaired) electrons. The van der Waals surface area contributed by atoms with Crippen LogP contribution >= 0.6 is 0 Å². The molecular formula is C17H15KO3S. The molecule has 0 amide bonds. The minimum absolute atomic E-state index is 0. The van der Waals surface area contributed by atoms with Crippen LogP contribution in [0.1, 0.15) is 6.92 Å². The summed E-state index contributed by atoms with van der Waals surface area (Å²) >= 11 is 0. The summed E-state index contributed by atoms with van der Waals surface area (Å²) in [6, 6.07) is 16.8. The molecule has 0 aliphatic rings. The van der Waals surface area contributed by atoms with E-state index in [-0.39, 0.29) is 62.0 Å². The van der Waals surface area contributed by atoms with E-state index in [1.54, 1.807) is 12.1 Å². The zero-order valence-electron chi connectivity index (χ0n) is 11.5. The SMILES string of the molecule is C=C(C)OS(=O)(=O)c1cccc2cc3ccccc3cc12.[KH]. The van der Waals surface area contributed by atoms with E-state index in [4.69, 9.17) is 4.18 Å². The van der Waals surface area contributed by atoms with Gasteiger partial charge >= 0.3 is 61.5 Å². The average Bonchev–Trinajstić information content (AvgIpc) is 2.43. The molecule has 0 unspecified atom stereocenters. The fraction of sp³-hybridized carbons (Fsp3) is 0.0588. The van der Waals surface area contributed by atoms with Crippen molar-refractivity contribution in [3.8, 4) is 0 Å². The zero-order chi connectivity index (χ0) is 15.0. The van der Waals surface area contributed by atoms with E-state index in [9.17, 15) is 8.42 Å². The van der Waals surface area contributed by atoms with Gasteiger partial charge < -0.3 is 4.18 Å². The Labute approximate surface area is 172 Å². The predicted octanol–water partition coefficient (Wildman–Crippen LogP) is 3.58. The summed E-state index contributed by atoms with van der Waals surface area (Å²) in [6.07, 6.45) is 0. The fourth-order valence-corrected chi connectivity index (χ4v) is 3.54. The topological polar surface area (TPSA) is 43.4 Å². The van der Waals surface area contributed by atoms with Crippen molar-refractivity contribution in [2.75, 3.05) is 0 Å². The van der Waals surface area contributed by atoms with E-state index < -0.39 is 10.1 Å². The van der Waals surface area contributed by atoms with Crippen molar-refractivity contribution in [3.63, 3.8) is 0 Å². The molecule has 22 heavy (non-hydrogen) atoms. The van der Waals surface area contributed by atoms with Gasteiger partial charge in [0, 0.05) is 5.39 Å². The first-order valence-corrected chi connectivity index (χ1v) is 7.90. The summed E-state index contributed by atoms with van der Waals surface area (Å²) in [5.41, 5.74) is 0. The standard InChI is InChI=1S/C17H14O3S.K.H/c1-12(2)20-21(18,19)17-9-5-8-15-10-13-6-3-4-7-14(13)11-16(15)17;;/h3-11H,1H2,2H3;;. The average molecular weight is 338 g/mol. The molecule has 3 nitrogen and oxygen atoms in total. The summed E-state index contributed by atoms with van der Waals surface area (Å²) in [6.45, 7) is 5.01. The summed E-state index contributed by atoms with van der Waals surface area (Å²) in [5, 5.41) is 3.57. The number of benzene rings is 3. The van der Waals surface area contributed by atoms with Crippen LogP contribution in [0.2, 0.25) is 0 Å². The molecule has 0 heterocycles. The van der Waals surface area contributed by atoms with E-state index in [1.807, 2.05) is 42.5 Å². The zero-order valence-corrected chi connectivity index (χ0v) is 12.4. The first kappa shape index (κ1) is 17.7. The first-order chi connectivity index (χ1) is 9.97. The van der Waals surface area contributed by atoms with Crippen molar-refractivity contribution in [1.82, 2.24) is 0 Å². The predicted molar refractivity (Wildman–Crippen MR) is 91.7 cm³/mol. The van der Waals surface area contributed by atoms with Crippen molar-refractivity contribution >= 4 is 83.0 Å². The fourth-order valence-electron chi connectivity index (χ4n) is 2.39. The van der Waals surface area contributed by atoms with E-state index in [2.05, 4.69) is 6.58 Å². The van der Waals surface area contributed by atoms with Crippen LogP contribution in [-0.2, 0) is 14.3 Å². The first-order valence-electron chi connectivity index (χ1n) is 6.49. The number of hydrogen-bond donors (Lipinski definition) is 0. The van der Waals surface area contributed by atoms with E-state index in [1.165, 1.54) is 6.92 Å². The Morgan fingerprint density at radius 1 is 0.955 bits per heavy atom. The van der Waals surface area contributed by atoms with Crippen LogP contribution in [0.4, 0.5) is 0 Å². The van der Waals surface area contributed by atoms with Gasteiger partial charge in [0.2, 0.25) is 0 Å². The van der Waals surface area contributed by atoms with Crippen LogP contribution in [0.3, 0.4) is 0 Å². The number of allylic oxidation sites excluding steroid dienone is 1. The third kappa shape index (κ3) is 3.45. The van der Waals surface area contributed by atoms with E-state index in [0.29, 0.717) is 5.39 Å². The second kappa shape index (κ2) is 6.82. The van der Waals surface area contributed by atoms with Gasteiger partial charge in [-0.25, -0.2) is 0 Å². The quantitative estimate of drug-likeness (QED) is 0.317. The van der Waals surface area contributed by atoms with Gasteiger partial charge in [0.25, 0.3) is 0 Å². The van der Waals surface area contributed by atoms with Crippen molar-refractivity contribution in [2.45, 2.75) is 11.8 Å². The molecule has 3 rings (SSSR count). The molecule has 0 aromatic heterocycles. The van der Waals surface area contributed by atoms with E-state index >= 15 is 0 Å². The Hall–Kier alpha value is -0.694. The molecule has 0 atom stereocenters. The maximum absolute atomic E-state index is 12.3. The Balaban J connectivity index is 0.00000176. The summed E-state index contributed by atoms with van der Waals surface area (Å²) in [5.74, 6) is 0.146. The molecule has 108 valence electrons. The molecule has 0 saturated heterocycles. The third-order valence-corrected chi connectivity index (χ3v) is 4.63. The molecule has 0 spiro atoms. The molecule has 0 N–H and O–H groups in total. The Bertz CT molecular complexity index is 962. The van der Waals surface area contributed by atoms with E-state index in [0.717, 1.165) is 16.2 Å². The summed E-state index contributed by atoms with van der Waals surface area (Å²) in [7, 11) is -3.85. The third-order valence-electron chi connectivity index (χ3n) is 3.23. The minimum atomic E-state index is -3.85. The van der Waals surface area contributed by atoms with Crippen LogP contribution < -0.4 is 0 Å². The molecule has 3 aromatic rings. The second-order valence-corrected chi connectivity index (χ2v) is 6.43. The van der Waals surface area contributed by atoms with Gasteiger partial charge in [-0.3, -0.25) is 0 Å². The number of rotatable bonds is 3. The maximum atomic E-state index is 12.3. The summed E-state index contributed by atoms with van der Waals surface area (Å²) in [4.78, 5) is 0.161. The molecule has 0 saturated carbocycles. The van der Waals surface area contributed by atoms with Crippen LogP contribution in [0.15, 0.2) is 71.8 Å². The van der Waals surface area contributed by atoms with Crippen molar-refractivity contribution < 1.29 is 12.6 Å². The Kier molecular flexibility index (Phi) is 5.48. The van der Waals surface area contributed by atoms with Crippen molar-refractivity contribution in [3.05, 3.63) is 66.9 Å². The Morgan fingerprint density at radius 3 is 2.18 bits per heavy atom. The molecular weight excluding hydrogens is 323 g/mol. The van der Waals surface area contributed by atoms with Gasteiger partial charge in [0.15, 0.2) is 0 Å². The number of fused-ring (bicyclic) bond motifs is 2. The normalized spacial score (nSPS) is 11.1. The Morgan fingerprint density at radius 2 is 1.55 bits per heavy atom. The second-order valence-electron chi connectivity index (χ2n) is 4.92. The monoisotopic (exact) mass is 338 g/mol. The van der Waals surface area contributed by atoms with Crippen LogP contribution in [0.25, 0.3) is 21.5 Å². The molecule has 0 aliphatic carbocycles. The molecule has 0 aliphatic heterocycles. The molecule has 0 fully saturated rings. The molecule has 0 bridgehead atoms. The number of hydrogen-bond acceptors (Lipinski definition) is 3. The van der Waals surface area contributed by atoms with Crippen molar-refractivity contribution in [1.29, 1.82) is 0 Å². The molecule has 5 heteroatoms. The van der Waals surface area contributed by atoms with Crippen molar-refractivity contribution in [2.24, 2.45) is 0 Å².